The van der Waals surface area contributed by atoms with Crippen molar-refractivity contribution >= 4 is 41.3 Å². The van der Waals surface area contributed by atoms with Crippen LogP contribution in [0.2, 0.25) is 10.0 Å². The minimum atomic E-state index is -0.782. The summed E-state index contributed by atoms with van der Waals surface area (Å²) in [6.07, 6.45) is 1.10. The first kappa shape index (κ1) is 25.1. The van der Waals surface area contributed by atoms with Crippen molar-refractivity contribution < 1.29 is 23.8 Å². The molecule has 0 radical (unpaired) electrons. The molecule has 7 nitrogen and oxygen atoms in total. The first-order valence-electron chi connectivity index (χ1n) is 10.3. The number of halogens is 2. The fourth-order valence-electron chi connectivity index (χ4n) is 2.80. The van der Waals surface area contributed by atoms with Gasteiger partial charge < -0.3 is 14.2 Å². The molecule has 0 saturated heterocycles. The number of carbonyl (C=O) groups excluding carboxylic acids is 2. The highest BCUT2D eigenvalue weighted by Gasteiger charge is 2.19. The molecule has 0 aliphatic rings. The van der Waals surface area contributed by atoms with Crippen LogP contribution in [-0.2, 0) is 4.79 Å². The maximum Gasteiger partial charge on any atom is 0.343 e. The first-order valence-corrected chi connectivity index (χ1v) is 11.1. The van der Waals surface area contributed by atoms with Crippen molar-refractivity contribution in [2.45, 2.75) is 19.4 Å². The van der Waals surface area contributed by atoms with Gasteiger partial charge in [0, 0.05) is 5.02 Å². The number of rotatable bonds is 9. The van der Waals surface area contributed by atoms with E-state index < -0.39 is 18.0 Å². The maximum atomic E-state index is 12.4. The molecule has 176 valence electrons. The molecule has 1 atom stereocenters. The summed E-state index contributed by atoms with van der Waals surface area (Å²) >= 11 is 12.0. The number of hydrogen-bond donors (Lipinski definition) is 1. The molecule has 0 bridgehead atoms. The van der Waals surface area contributed by atoms with Gasteiger partial charge in [-0.2, -0.15) is 5.10 Å². The lowest BCUT2D eigenvalue weighted by Gasteiger charge is -2.16. The van der Waals surface area contributed by atoms with Crippen LogP contribution in [0, 0.1) is 0 Å². The third kappa shape index (κ3) is 6.97. The number of nitrogens with zero attached hydrogens (tertiary/aromatic N) is 1. The van der Waals surface area contributed by atoms with Gasteiger partial charge in [-0.15, -0.1) is 0 Å². The normalized spacial score (nSPS) is 11.6. The Morgan fingerprint density at radius 2 is 1.68 bits per heavy atom. The third-order valence-electron chi connectivity index (χ3n) is 4.63. The van der Waals surface area contributed by atoms with Crippen LogP contribution in [0.15, 0.2) is 71.8 Å². The van der Waals surface area contributed by atoms with Gasteiger partial charge >= 0.3 is 5.97 Å². The minimum Gasteiger partial charge on any atom is -0.497 e. The topological polar surface area (TPSA) is 86.2 Å². The summed E-state index contributed by atoms with van der Waals surface area (Å²) in [5, 5.41) is 4.75. The monoisotopic (exact) mass is 500 g/mol. The van der Waals surface area contributed by atoms with Gasteiger partial charge in [0.15, 0.2) is 6.10 Å². The van der Waals surface area contributed by atoms with E-state index in [0.717, 1.165) is 0 Å². The number of benzene rings is 3. The lowest BCUT2D eigenvalue weighted by molar-refractivity contribution is -0.128. The summed E-state index contributed by atoms with van der Waals surface area (Å²) in [7, 11) is 1.55. The van der Waals surface area contributed by atoms with Crippen molar-refractivity contribution in [1.82, 2.24) is 5.43 Å². The highest BCUT2D eigenvalue weighted by molar-refractivity contribution is 6.35. The molecule has 1 N–H and O–H groups in total. The number of hydrazone groups is 1. The van der Waals surface area contributed by atoms with Crippen molar-refractivity contribution in [2.24, 2.45) is 5.10 Å². The Morgan fingerprint density at radius 3 is 2.29 bits per heavy atom. The van der Waals surface area contributed by atoms with Gasteiger partial charge in [-0.3, -0.25) is 4.79 Å². The van der Waals surface area contributed by atoms with E-state index in [1.807, 2.05) is 6.92 Å². The molecule has 0 saturated carbocycles. The highest BCUT2D eigenvalue weighted by atomic mass is 35.5. The number of carbonyl (C=O) groups is 2. The molecule has 0 aliphatic heterocycles. The van der Waals surface area contributed by atoms with Crippen LogP contribution in [0.4, 0.5) is 0 Å². The van der Waals surface area contributed by atoms with Crippen molar-refractivity contribution in [1.29, 1.82) is 0 Å². The van der Waals surface area contributed by atoms with Gasteiger partial charge in [-0.05, 0) is 78.7 Å². The highest BCUT2D eigenvalue weighted by Crippen LogP contribution is 2.28. The van der Waals surface area contributed by atoms with Crippen molar-refractivity contribution in [2.75, 3.05) is 7.11 Å². The van der Waals surface area contributed by atoms with E-state index in [1.165, 1.54) is 6.21 Å². The number of nitrogens with one attached hydrogen (secondary N) is 1. The number of methoxy groups -OCH3 is 1. The van der Waals surface area contributed by atoms with Gasteiger partial charge in [-0.1, -0.05) is 30.1 Å². The standard InChI is InChI=1S/C25H22Cl2N2O5/c1-3-22(34-23-13-8-18(26)14-21(23)27)24(30)29-28-15-16-4-9-20(10-5-16)33-25(31)17-6-11-19(32-2)12-7-17/h4-15,22H,3H2,1-2H3,(H,29,30)/b28-15+. The van der Waals surface area contributed by atoms with Crippen molar-refractivity contribution in [3.63, 3.8) is 0 Å². The Balaban J connectivity index is 1.53. The molecule has 0 aromatic heterocycles. The molecular weight excluding hydrogens is 479 g/mol. The number of hydrogen-bond acceptors (Lipinski definition) is 6. The van der Waals surface area contributed by atoms with Crippen LogP contribution in [0.3, 0.4) is 0 Å². The van der Waals surface area contributed by atoms with Crippen LogP contribution in [0.25, 0.3) is 0 Å². The van der Waals surface area contributed by atoms with Gasteiger partial charge in [0.05, 0.1) is 23.9 Å². The van der Waals surface area contributed by atoms with E-state index >= 15 is 0 Å². The third-order valence-corrected chi connectivity index (χ3v) is 5.16. The molecule has 3 aromatic rings. The summed E-state index contributed by atoms with van der Waals surface area (Å²) in [5.74, 6) is 0.480. The summed E-state index contributed by atoms with van der Waals surface area (Å²) in [6, 6.07) is 18.1. The second-order valence-corrected chi connectivity index (χ2v) is 7.85. The van der Waals surface area contributed by atoms with E-state index in [0.29, 0.717) is 44.8 Å². The van der Waals surface area contributed by atoms with Crippen LogP contribution in [-0.4, -0.2) is 31.3 Å². The van der Waals surface area contributed by atoms with Gasteiger partial charge in [-0.25, -0.2) is 10.2 Å². The second kappa shape index (κ2) is 12.1. The second-order valence-electron chi connectivity index (χ2n) is 7.01. The maximum absolute atomic E-state index is 12.4. The fourth-order valence-corrected chi connectivity index (χ4v) is 3.26. The molecule has 0 spiro atoms. The lowest BCUT2D eigenvalue weighted by Crippen LogP contribution is -2.35. The van der Waals surface area contributed by atoms with E-state index in [9.17, 15) is 9.59 Å². The summed E-state index contributed by atoms with van der Waals surface area (Å²) in [4.78, 5) is 24.7. The van der Waals surface area contributed by atoms with Crippen LogP contribution < -0.4 is 19.6 Å². The largest absolute Gasteiger partial charge is 0.497 e. The smallest absolute Gasteiger partial charge is 0.343 e. The molecule has 3 aromatic carbocycles. The Labute approximate surface area is 207 Å². The summed E-state index contributed by atoms with van der Waals surface area (Å²) < 4.78 is 16.1. The zero-order valence-corrected chi connectivity index (χ0v) is 20.0. The van der Waals surface area contributed by atoms with Gasteiger partial charge in [0.1, 0.15) is 17.2 Å². The van der Waals surface area contributed by atoms with Crippen molar-refractivity contribution in [3.8, 4) is 17.2 Å². The van der Waals surface area contributed by atoms with Crippen LogP contribution >= 0.6 is 23.2 Å². The van der Waals surface area contributed by atoms with E-state index in [-0.39, 0.29) is 0 Å². The number of ether oxygens (including phenoxy) is 3. The molecule has 0 fully saturated rings. The minimum absolute atomic E-state index is 0.315. The molecule has 1 unspecified atom stereocenters. The molecular formula is C25H22Cl2N2O5. The quantitative estimate of drug-likeness (QED) is 0.180. The van der Waals surface area contributed by atoms with E-state index in [4.69, 9.17) is 37.4 Å². The molecule has 0 heterocycles. The molecule has 34 heavy (non-hydrogen) atoms. The average molecular weight is 501 g/mol. The molecule has 3 rings (SSSR count). The van der Waals surface area contributed by atoms with Crippen molar-refractivity contribution in [3.05, 3.63) is 87.9 Å². The van der Waals surface area contributed by atoms with E-state index in [2.05, 4.69) is 10.5 Å². The van der Waals surface area contributed by atoms with Crippen LogP contribution in [0.5, 0.6) is 17.2 Å². The van der Waals surface area contributed by atoms with Gasteiger partial charge in [0.25, 0.3) is 5.91 Å². The Bertz CT molecular complexity index is 1160. The fraction of sp³-hybridized carbons (Fsp3) is 0.160. The SMILES string of the molecule is CCC(Oc1ccc(Cl)cc1Cl)C(=O)N/N=C/c1ccc(OC(=O)c2ccc(OC)cc2)cc1. The van der Waals surface area contributed by atoms with Crippen LogP contribution in [0.1, 0.15) is 29.3 Å². The molecule has 1 amide bonds. The lowest BCUT2D eigenvalue weighted by atomic mass is 10.2. The Kier molecular flexibility index (Phi) is 8.90. The summed E-state index contributed by atoms with van der Waals surface area (Å²) in [5.41, 5.74) is 3.55. The zero-order chi connectivity index (χ0) is 24.5. The number of esters is 1. The Hall–Kier alpha value is -3.55. The average Bonchev–Trinajstić information content (AvgIpc) is 2.84. The van der Waals surface area contributed by atoms with E-state index in [1.54, 1.807) is 73.8 Å². The van der Waals surface area contributed by atoms with Gasteiger partial charge in [0.2, 0.25) is 0 Å². The predicted octanol–water partition coefficient (Wildman–Crippen LogP) is 5.53. The zero-order valence-electron chi connectivity index (χ0n) is 18.5. The molecule has 9 heteroatoms. The first-order chi connectivity index (χ1) is 16.4. The Morgan fingerprint density at radius 1 is 1.00 bits per heavy atom. The molecule has 0 aliphatic carbocycles. The number of amides is 1. The predicted molar refractivity (Wildman–Crippen MR) is 131 cm³/mol. The summed E-state index contributed by atoms with van der Waals surface area (Å²) in [6.45, 7) is 1.81.